The van der Waals surface area contributed by atoms with Crippen molar-refractivity contribution < 1.29 is 17.9 Å². The molecule has 1 aliphatic rings. The van der Waals surface area contributed by atoms with Crippen LogP contribution in [0, 0.1) is 6.92 Å². The minimum absolute atomic E-state index is 0.135. The topological polar surface area (TPSA) is 66.9 Å². The van der Waals surface area contributed by atoms with Gasteiger partial charge in [0.05, 0.1) is 12.0 Å². The molecule has 6 nitrogen and oxygen atoms in total. The third-order valence-corrected chi connectivity index (χ3v) is 7.71. The van der Waals surface area contributed by atoms with Crippen LogP contribution in [0.5, 0.6) is 5.75 Å². The Balaban J connectivity index is 1.90. The van der Waals surface area contributed by atoms with Crippen molar-refractivity contribution in [2.24, 2.45) is 0 Å². The van der Waals surface area contributed by atoms with Crippen LogP contribution in [0.15, 0.2) is 47.4 Å². The molecule has 30 heavy (non-hydrogen) atoms. The Morgan fingerprint density at radius 3 is 2.23 bits per heavy atom. The Hall–Kier alpha value is -2.38. The van der Waals surface area contributed by atoms with Crippen molar-refractivity contribution in [3.63, 3.8) is 0 Å². The average molecular weight is 431 g/mol. The number of rotatable bonds is 9. The van der Waals surface area contributed by atoms with Gasteiger partial charge in [0.1, 0.15) is 5.75 Å². The number of nitrogens with zero attached hydrogens (tertiary/aromatic N) is 2. The number of carbonyl (C=O) groups excluding carboxylic acids is 1. The molecule has 0 unspecified atom stereocenters. The van der Waals surface area contributed by atoms with Crippen LogP contribution in [-0.2, 0) is 16.6 Å². The lowest BCUT2D eigenvalue weighted by Crippen LogP contribution is -2.33. The summed E-state index contributed by atoms with van der Waals surface area (Å²) in [6.07, 6.45) is 1.94. The Morgan fingerprint density at radius 2 is 1.70 bits per heavy atom. The average Bonchev–Trinajstić information content (AvgIpc) is 3.58. The largest absolute Gasteiger partial charge is 0.497 e. The minimum atomic E-state index is -3.64. The maximum Gasteiger partial charge on any atom is 0.254 e. The van der Waals surface area contributed by atoms with E-state index >= 15 is 0 Å². The summed E-state index contributed by atoms with van der Waals surface area (Å²) in [6.45, 7) is 6.66. The van der Waals surface area contributed by atoms with E-state index in [2.05, 4.69) is 0 Å². The molecule has 1 saturated carbocycles. The second kappa shape index (κ2) is 9.18. The number of aryl methyl sites for hydroxylation is 1. The smallest absolute Gasteiger partial charge is 0.254 e. The van der Waals surface area contributed by atoms with E-state index in [4.69, 9.17) is 4.74 Å². The highest BCUT2D eigenvalue weighted by molar-refractivity contribution is 7.89. The van der Waals surface area contributed by atoms with E-state index in [1.165, 1.54) is 10.4 Å². The quantitative estimate of drug-likeness (QED) is 0.606. The van der Waals surface area contributed by atoms with Crippen LogP contribution < -0.4 is 4.74 Å². The van der Waals surface area contributed by atoms with Crippen LogP contribution in [0.4, 0.5) is 0 Å². The summed E-state index contributed by atoms with van der Waals surface area (Å²) in [5, 5.41) is 0. The molecule has 0 bridgehead atoms. The molecule has 0 aliphatic heterocycles. The van der Waals surface area contributed by atoms with Crippen LogP contribution in [0.2, 0.25) is 0 Å². The zero-order chi connectivity index (χ0) is 21.9. The van der Waals surface area contributed by atoms with E-state index < -0.39 is 10.0 Å². The number of amides is 1. The monoisotopic (exact) mass is 430 g/mol. The molecule has 0 aromatic heterocycles. The lowest BCUT2D eigenvalue weighted by molar-refractivity contribution is 0.0729. The zero-order valence-corrected chi connectivity index (χ0v) is 18.9. The fraction of sp³-hybridized carbons (Fsp3) is 0.435. The van der Waals surface area contributed by atoms with Crippen LogP contribution in [0.3, 0.4) is 0 Å². The molecule has 0 radical (unpaired) electrons. The molecule has 7 heteroatoms. The first-order valence-electron chi connectivity index (χ1n) is 10.4. The van der Waals surface area contributed by atoms with Gasteiger partial charge in [-0.1, -0.05) is 32.0 Å². The number of carbonyl (C=O) groups is 1. The van der Waals surface area contributed by atoms with Gasteiger partial charge >= 0.3 is 0 Å². The van der Waals surface area contributed by atoms with E-state index in [-0.39, 0.29) is 16.8 Å². The van der Waals surface area contributed by atoms with Gasteiger partial charge in [0.2, 0.25) is 10.0 Å². The molecule has 0 spiro atoms. The number of benzene rings is 2. The van der Waals surface area contributed by atoms with Crippen molar-refractivity contribution >= 4 is 15.9 Å². The van der Waals surface area contributed by atoms with Crippen LogP contribution in [0.1, 0.15) is 48.2 Å². The normalized spacial score (nSPS) is 14.0. The van der Waals surface area contributed by atoms with Gasteiger partial charge in [-0.2, -0.15) is 4.31 Å². The Kier molecular flexibility index (Phi) is 6.83. The fourth-order valence-corrected chi connectivity index (χ4v) is 5.27. The van der Waals surface area contributed by atoms with Gasteiger partial charge in [-0.3, -0.25) is 4.79 Å². The Bertz CT molecular complexity index is 994. The fourth-order valence-electron chi connectivity index (χ4n) is 3.56. The van der Waals surface area contributed by atoms with Crippen molar-refractivity contribution in [2.75, 3.05) is 20.2 Å². The summed E-state index contributed by atoms with van der Waals surface area (Å²) in [4.78, 5) is 15.4. The maximum absolute atomic E-state index is 13.3. The molecule has 0 atom stereocenters. The number of hydrogen-bond donors (Lipinski definition) is 0. The van der Waals surface area contributed by atoms with E-state index in [0.29, 0.717) is 30.8 Å². The van der Waals surface area contributed by atoms with Crippen molar-refractivity contribution in [1.82, 2.24) is 9.21 Å². The molecule has 3 rings (SSSR count). The summed E-state index contributed by atoms with van der Waals surface area (Å²) < 4.78 is 32.7. The predicted octanol–water partition coefficient (Wildman–Crippen LogP) is 3.84. The van der Waals surface area contributed by atoms with E-state index in [1.54, 1.807) is 26.2 Å². The summed E-state index contributed by atoms with van der Waals surface area (Å²) >= 11 is 0. The molecule has 2 aromatic rings. The van der Waals surface area contributed by atoms with Gasteiger partial charge in [-0.15, -0.1) is 0 Å². The first kappa shape index (κ1) is 22.3. The standard InChI is InChI=1S/C23H30N2O4S/c1-5-24(6-2)30(27,28)22-15-19(10-7-17(22)3)23(26)25(20-11-12-20)16-18-8-13-21(29-4)14-9-18/h7-10,13-15,20H,5-6,11-12,16H2,1-4H3. The Labute approximate surface area is 179 Å². The van der Waals surface area contributed by atoms with Gasteiger partial charge in [0.25, 0.3) is 5.91 Å². The maximum atomic E-state index is 13.3. The highest BCUT2D eigenvalue weighted by Gasteiger charge is 2.34. The molecule has 0 heterocycles. The van der Waals surface area contributed by atoms with Gasteiger partial charge in [0.15, 0.2) is 0 Å². The SMILES string of the molecule is CCN(CC)S(=O)(=O)c1cc(C(=O)N(Cc2ccc(OC)cc2)C2CC2)ccc1C. The number of sulfonamides is 1. The summed E-state index contributed by atoms with van der Waals surface area (Å²) in [7, 11) is -2.01. The van der Waals surface area contributed by atoms with E-state index in [0.717, 1.165) is 24.2 Å². The molecule has 162 valence electrons. The minimum Gasteiger partial charge on any atom is -0.497 e. The number of hydrogen-bond acceptors (Lipinski definition) is 4. The van der Waals surface area contributed by atoms with Crippen LogP contribution in [-0.4, -0.2) is 49.8 Å². The van der Waals surface area contributed by atoms with E-state index in [9.17, 15) is 13.2 Å². The third-order valence-electron chi connectivity index (χ3n) is 5.52. The molecule has 1 aliphatic carbocycles. The van der Waals surface area contributed by atoms with Crippen molar-refractivity contribution in [2.45, 2.75) is 51.1 Å². The molecule has 0 saturated heterocycles. The van der Waals surface area contributed by atoms with Crippen molar-refractivity contribution in [1.29, 1.82) is 0 Å². The van der Waals surface area contributed by atoms with E-state index in [1.807, 2.05) is 43.0 Å². The highest BCUT2D eigenvalue weighted by atomic mass is 32.2. The molecule has 1 amide bonds. The lowest BCUT2D eigenvalue weighted by atomic mass is 10.1. The van der Waals surface area contributed by atoms with Crippen LogP contribution in [0.25, 0.3) is 0 Å². The summed E-state index contributed by atoms with van der Waals surface area (Å²) in [5.74, 6) is 0.636. The second-order valence-electron chi connectivity index (χ2n) is 7.58. The molecular weight excluding hydrogens is 400 g/mol. The van der Waals surface area contributed by atoms with Crippen molar-refractivity contribution in [3.05, 3.63) is 59.2 Å². The molecule has 0 N–H and O–H groups in total. The first-order chi connectivity index (χ1) is 14.3. The highest BCUT2D eigenvalue weighted by Crippen LogP contribution is 2.31. The van der Waals surface area contributed by atoms with Crippen molar-refractivity contribution in [3.8, 4) is 5.75 Å². The molecule has 2 aromatic carbocycles. The zero-order valence-electron chi connectivity index (χ0n) is 18.1. The molecular formula is C23H30N2O4S. The van der Waals surface area contributed by atoms with Crippen LogP contribution >= 0.6 is 0 Å². The number of ether oxygens (including phenoxy) is 1. The third kappa shape index (κ3) is 4.68. The predicted molar refractivity (Wildman–Crippen MR) is 117 cm³/mol. The number of methoxy groups -OCH3 is 1. The summed E-state index contributed by atoms with van der Waals surface area (Å²) in [5.41, 5.74) is 2.07. The van der Waals surface area contributed by atoms with Gasteiger partial charge in [-0.05, 0) is 55.2 Å². The Morgan fingerprint density at radius 1 is 1.07 bits per heavy atom. The first-order valence-corrected chi connectivity index (χ1v) is 11.8. The second-order valence-corrected chi connectivity index (χ2v) is 9.49. The lowest BCUT2D eigenvalue weighted by Gasteiger charge is -2.24. The van der Waals surface area contributed by atoms with Gasteiger partial charge in [0, 0.05) is 31.2 Å². The summed E-state index contributed by atoms with van der Waals surface area (Å²) in [6, 6.07) is 12.8. The van der Waals surface area contributed by atoms with Gasteiger partial charge < -0.3 is 9.64 Å². The van der Waals surface area contributed by atoms with Gasteiger partial charge in [-0.25, -0.2) is 8.42 Å². The molecule has 1 fully saturated rings.